The van der Waals surface area contributed by atoms with Crippen LogP contribution >= 0.6 is 12.6 Å². The van der Waals surface area contributed by atoms with Crippen LogP contribution in [0.15, 0.2) is 0 Å². The molecule has 0 bridgehead atoms. The monoisotopic (exact) mass is 306 g/mol. The minimum absolute atomic E-state index is 0.465. The Hall–Kier alpha value is 0.0200. The lowest BCUT2D eigenvalue weighted by Gasteiger charge is -2.60. The molecule has 7 atom stereocenters. The number of carbonyl (C=O) groups excluding carboxylic acids is 1. The summed E-state index contributed by atoms with van der Waals surface area (Å²) in [6, 6.07) is 0. The summed E-state index contributed by atoms with van der Waals surface area (Å²) in [4.78, 5) is 11.9. The Morgan fingerprint density at radius 2 is 1.71 bits per heavy atom. The van der Waals surface area contributed by atoms with Crippen molar-refractivity contribution in [2.24, 2.45) is 34.5 Å². The third-order valence-electron chi connectivity index (χ3n) is 8.43. The molecule has 118 valence electrons. The van der Waals surface area contributed by atoms with Gasteiger partial charge < -0.3 is 0 Å². The number of rotatable bonds is 0. The number of Topliss-reactive ketones (excluding diaryl/α,β-unsaturated/α-hetero) is 1. The molecule has 0 amide bonds. The van der Waals surface area contributed by atoms with Crippen molar-refractivity contribution in [1.29, 1.82) is 0 Å². The first kappa shape index (κ1) is 14.6. The standard InChI is InChI=1S/C19H30OS/c1-18-9-7-13(20)11-12(18)3-4-14-15-5-6-17(21)19(15,2)10-8-16(14)18/h12,14-17,21H,3-11H2,1-2H3/t12?,14-,15-,16-,17-,18-,19-/m0/s1. The SMILES string of the molecule is C[C@]12CC[C@H]3[C@@H](CCC4CC(=O)CC[C@@]43C)[C@@H]1CC[C@@H]2S. The molecule has 21 heavy (non-hydrogen) atoms. The number of ketones is 1. The van der Waals surface area contributed by atoms with E-state index in [-0.39, 0.29) is 0 Å². The van der Waals surface area contributed by atoms with Gasteiger partial charge in [-0.15, -0.1) is 0 Å². The smallest absolute Gasteiger partial charge is 0.133 e. The molecule has 0 aromatic heterocycles. The molecule has 0 aliphatic heterocycles. The third kappa shape index (κ3) is 1.93. The highest BCUT2D eigenvalue weighted by molar-refractivity contribution is 7.81. The lowest BCUT2D eigenvalue weighted by molar-refractivity contribution is -0.137. The molecular formula is C19H30OS. The molecule has 1 nitrogen and oxygen atoms in total. The predicted molar refractivity (Wildman–Crippen MR) is 89.5 cm³/mol. The number of hydrogen-bond acceptors (Lipinski definition) is 2. The topological polar surface area (TPSA) is 17.1 Å². The predicted octanol–water partition coefficient (Wildman–Crippen LogP) is 4.90. The van der Waals surface area contributed by atoms with Crippen molar-refractivity contribution < 1.29 is 4.79 Å². The maximum Gasteiger partial charge on any atom is 0.133 e. The van der Waals surface area contributed by atoms with Crippen LogP contribution < -0.4 is 0 Å². The first-order valence-corrected chi connectivity index (χ1v) is 9.66. The van der Waals surface area contributed by atoms with E-state index in [0.717, 1.165) is 30.6 Å². The van der Waals surface area contributed by atoms with Crippen LogP contribution in [0, 0.1) is 34.5 Å². The number of fused-ring (bicyclic) bond motifs is 5. The van der Waals surface area contributed by atoms with Crippen LogP contribution in [0.3, 0.4) is 0 Å². The van der Waals surface area contributed by atoms with Crippen molar-refractivity contribution in [3.63, 3.8) is 0 Å². The van der Waals surface area contributed by atoms with E-state index in [2.05, 4.69) is 13.8 Å². The molecule has 0 radical (unpaired) electrons. The van der Waals surface area contributed by atoms with Crippen molar-refractivity contribution in [3.8, 4) is 0 Å². The third-order valence-corrected chi connectivity index (χ3v) is 9.28. The van der Waals surface area contributed by atoms with Gasteiger partial charge in [0.2, 0.25) is 0 Å². The first-order chi connectivity index (χ1) is 9.95. The average Bonchev–Trinajstić information content (AvgIpc) is 2.76. The Morgan fingerprint density at radius 3 is 2.52 bits per heavy atom. The summed E-state index contributed by atoms with van der Waals surface area (Å²) in [6.45, 7) is 5.06. The van der Waals surface area contributed by atoms with Gasteiger partial charge in [0.25, 0.3) is 0 Å². The summed E-state index contributed by atoms with van der Waals surface area (Å²) in [7, 11) is 0. The van der Waals surface area contributed by atoms with Crippen LogP contribution in [0.5, 0.6) is 0 Å². The van der Waals surface area contributed by atoms with E-state index in [0.29, 0.717) is 27.8 Å². The molecule has 4 aliphatic rings. The number of thiol groups is 1. The minimum Gasteiger partial charge on any atom is -0.300 e. The van der Waals surface area contributed by atoms with Gasteiger partial charge in [0.15, 0.2) is 0 Å². The molecule has 0 heterocycles. The quantitative estimate of drug-likeness (QED) is 0.630. The van der Waals surface area contributed by atoms with Crippen molar-refractivity contribution in [2.45, 2.75) is 76.9 Å². The van der Waals surface area contributed by atoms with E-state index < -0.39 is 0 Å². The largest absolute Gasteiger partial charge is 0.300 e. The Labute approximate surface area is 135 Å². The first-order valence-electron chi connectivity index (χ1n) is 9.15. The van der Waals surface area contributed by atoms with Crippen LogP contribution in [0.2, 0.25) is 0 Å². The van der Waals surface area contributed by atoms with Crippen LogP contribution in [-0.2, 0) is 4.79 Å². The summed E-state index contributed by atoms with van der Waals surface area (Å²) >= 11 is 4.94. The van der Waals surface area contributed by atoms with Gasteiger partial charge in [0.1, 0.15) is 5.78 Å². The van der Waals surface area contributed by atoms with Crippen LogP contribution in [-0.4, -0.2) is 11.0 Å². The zero-order chi connectivity index (χ0) is 14.8. The highest BCUT2D eigenvalue weighted by atomic mass is 32.1. The molecule has 0 spiro atoms. The van der Waals surface area contributed by atoms with Crippen LogP contribution in [0.25, 0.3) is 0 Å². The highest BCUT2D eigenvalue weighted by Crippen LogP contribution is 2.66. The fourth-order valence-electron chi connectivity index (χ4n) is 7.02. The van der Waals surface area contributed by atoms with Crippen LogP contribution in [0.1, 0.15) is 71.6 Å². The zero-order valence-electron chi connectivity index (χ0n) is 13.6. The molecule has 4 saturated carbocycles. The van der Waals surface area contributed by atoms with E-state index in [1.54, 1.807) is 0 Å². The lowest BCUT2D eigenvalue weighted by atomic mass is 9.45. The molecule has 4 fully saturated rings. The Kier molecular flexibility index (Phi) is 3.31. The van der Waals surface area contributed by atoms with Crippen molar-refractivity contribution in [2.75, 3.05) is 0 Å². The van der Waals surface area contributed by atoms with Gasteiger partial charge in [0, 0.05) is 18.1 Å². The molecule has 0 saturated heterocycles. The lowest BCUT2D eigenvalue weighted by Crippen LogP contribution is -2.53. The fraction of sp³-hybridized carbons (Fsp3) is 0.947. The molecule has 1 unspecified atom stereocenters. The van der Waals surface area contributed by atoms with Gasteiger partial charge in [-0.2, -0.15) is 12.6 Å². The molecular weight excluding hydrogens is 276 g/mol. The van der Waals surface area contributed by atoms with Gasteiger partial charge >= 0.3 is 0 Å². The maximum absolute atomic E-state index is 11.9. The normalized spacial score (nSPS) is 56.5. The summed E-state index contributed by atoms with van der Waals surface area (Å²) < 4.78 is 0. The van der Waals surface area contributed by atoms with Gasteiger partial charge in [-0.05, 0) is 79.4 Å². The fourth-order valence-corrected chi connectivity index (χ4v) is 7.49. The summed E-state index contributed by atoms with van der Waals surface area (Å²) in [6.07, 6.45) is 11.1. The second-order valence-corrected chi connectivity index (χ2v) is 9.66. The molecule has 2 heteroatoms. The molecule has 0 aromatic rings. The molecule has 0 aromatic carbocycles. The second kappa shape index (κ2) is 4.76. The summed E-state index contributed by atoms with van der Waals surface area (Å²) in [5.74, 6) is 3.95. The Balaban J connectivity index is 1.64. The minimum atomic E-state index is 0.465. The van der Waals surface area contributed by atoms with E-state index in [4.69, 9.17) is 12.6 Å². The Bertz CT molecular complexity index is 460. The molecule has 0 N–H and O–H groups in total. The van der Waals surface area contributed by atoms with Gasteiger partial charge in [-0.3, -0.25) is 4.79 Å². The zero-order valence-corrected chi connectivity index (χ0v) is 14.5. The van der Waals surface area contributed by atoms with E-state index in [1.165, 1.54) is 44.9 Å². The second-order valence-electron chi connectivity index (χ2n) is 9.04. The molecule has 4 rings (SSSR count). The average molecular weight is 307 g/mol. The van der Waals surface area contributed by atoms with Gasteiger partial charge in [-0.1, -0.05) is 13.8 Å². The Morgan fingerprint density at radius 1 is 0.952 bits per heavy atom. The van der Waals surface area contributed by atoms with Gasteiger partial charge in [-0.25, -0.2) is 0 Å². The number of hydrogen-bond donors (Lipinski definition) is 1. The van der Waals surface area contributed by atoms with Crippen molar-refractivity contribution in [3.05, 3.63) is 0 Å². The van der Waals surface area contributed by atoms with E-state index in [9.17, 15) is 4.79 Å². The summed E-state index contributed by atoms with van der Waals surface area (Å²) in [5, 5.41) is 0.627. The summed E-state index contributed by atoms with van der Waals surface area (Å²) in [5.41, 5.74) is 0.963. The van der Waals surface area contributed by atoms with Crippen molar-refractivity contribution in [1.82, 2.24) is 0 Å². The number of carbonyl (C=O) groups is 1. The van der Waals surface area contributed by atoms with Crippen molar-refractivity contribution >= 4 is 18.4 Å². The van der Waals surface area contributed by atoms with E-state index in [1.807, 2.05) is 0 Å². The highest BCUT2D eigenvalue weighted by Gasteiger charge is 2.59. The van der Waals surface area contributed by atoms with E-state index >= 15 is 0 Å². The van der Waals surface area contributed by atoms with Gasteiger partial charge in [0.05, 0.1) is 0 Å². The van der Waals surface area contributed by atoms with Crippen LogP contribution in [0.4, 0.5) is 0 Å². The molecule has 4 aliphatic carbocycles. The maximum atomic E-state index is 11.9.